The van der Waals surface area contributed by atoms with Crippen LogP contribution in [0.15, 0.2) is 48.7 Å². The van der Waals surface area contributed by atoms with Crippen LogP contribution in [0.3, 0.4) is 0 Å². The van der Waals surface area contributed by atoms with Crippen molar-refractivity contribution in [1.82, 2.24) is 15.2 Å². The standard InChI is InChI=1S/C29H38F3N3O/c1-5-21-13-10-15-23-25(19-33-28(21)23)24(22-14-8-9-16-26(22)29(30,31)32)18-27(36)34-20(4)12-11-17-35(6-2)7-3/h8-10,13-16,19-20,24,33H,5-7,11-12,17-18H2,1-4H3,(H,34,36)/t20-,24-/m1/s1. The number of fused-ring (bicyclic) bond motifs is 1. The molecule has 3 aromatic rings. The van der Waals surface area contributed by atoms with E-state index in [9.17, 15) is 18.0 Å². The maximum absolute atomic E-state index is 14.0. The average molecular weight is 502 g/mol. The largest absolute Gasteiger partial charge is 0.416 e. The van der Waals surface area contributed by atoms with E-state index < -0.39 is 17.7 Å². The molecule has 0 saturated heterocycles. The molecule has 4 nitrogen and oxygen atoms in total. The fourth-order valence-corrected chi connectivity index (χ4v) is 5.02. The Balaban J connectivity index is 1.89. The second-order valence-electron chi connectivity index (χ2n) is 9.42. The lowest BCUT2D eigenvalue weighted by Crippen LogP contribution is -2.34. The summed E-state index contributed by atoms with van der Waals surface area (Å²) in [6.45, 7) is 11.2. The van der Waals surface area contributed by atoms with Gasteiger partial charge in [-0.25, -0.2) is 0 Å². The van der Waals surface area contributed by atoms with Crippen LogP contribution >= 0.6 is 0 Å². The minimum Gasteiger partial charge on any atom is -0.361 e. The first-order valence-corrected chi connectivity index (χ1v) is 13.0. The highest BCUT2D eigenvalue weighted by Crippen LogP contribution is 2.41. The second kappa shape index (κ2) is 12.4. The zero-order valence-electron chi connectivity index (χ0n) is 21.7. The maximum Gasteiger partial charge on any atom is 0.416 e. The number of nitrogens with one attached hydrogen (secondary N) is 2. The average Bonchev–Trinajstić information content (AvgIpc) is 3.29. The Bertz CT molecular complexity index is 1130. The summed E-state index contributed by atoms with van der Waals surface area (Å²) in [5, 5.41) is 3.89. The van der Waals surface area contributed by atoms with Gasteiger partial charge in [-0.1, -0.05) is 57.2 Å². The van der Waals surface area contributed by atoms with Crippen LogP contribution in [0.1, 0.15) is 75.1 Å². The molecular weight excluding hydrogens is 463 g/mol. The SMILES string of the molecule is CCc1cccc2c([C@H](CC(=O)N[C@H](C)CCCN(CC)CC)c3ccccc3C(F)(F)F)c[nH]c12. The number of rotatable bonds is 12. The van der Waals surface area contributed by atoms with Crippen LogP contribution in [0.5, 0.6) is 0 Å². The second-order valence-corrected chi connectivity index (χ2v) is 9.42. The van der Waals surface area contributed by atoms with E-state index in [4.69, 9.17) is 0 Å². The van der Waals surface area contributed by atoms with Crippen LogP contribution in [0.2, 0.25) is 0 Å². The normalized spacial score (nSPS) is 13.8. The number of nitrogens with zero attached hydrogens (tertiary/aromatic N) is 1. The molecule has 0 saturated carbocycles. The Morgan fingerprint density at radius 3 is 2.42 bits per heavy atom. The van der Waals surface area contributed by atoms with Gasteiger partial charge < -0.3 is 15.2 Å². The van der Waals surface area contributed by atoms with Crippen molar-refractivity contribution in [2.24, 2.45) is 0 Å². The van der Waals surface area contributed by atoms with Crippen LogP contribution in [-0.2, 0) is 17.4 Å². The van der Waals surface area contributed by atoms with E-state index in [1.165, 1.54) is 12.1 Å². The van der Waals surface area contributed by atoms with Crippen LogP contribution in [0.25, 0.3) is 10.9 Å². The number of H-pyrrole nitrogens is 1. The first-order chi connectivity index (χ1) is 17.2. The molecule has 0 aliphatic carbocycles. The van der Waals surface area contributed by atoms with E-state index in [1.54, 1.807) is 12.3 Å². The lowest BCUT2D eigenvalue weighted by molar-refractivity contribution is -0.138. The molecule has 0 aliphatic heterocycles. The number of carbonyl (C=O) groups excluding carboxylic acids is 1. The zero-order chi connectivity index (χ0) is 26.3. The van der Waals surface area contributed by atoms with Crippen molar-refractivity contribution in [1.29, 1.82) is 0 Å². The number of amides is 1. The Labute approximate surface area is 212 Å². The molecule has 1 amide bonds. The van der Waals surface area contributed by atoms with Crippen LogP contribution < -0.4 is 5.32 Å². The first-order valence-electron chi connectivity index (χ1n) is 13.0. The van der Waals surface area contributed by atoms with Gasteiger partial charge in [-0.05, 0) is 68.6 Å². The Kier molecular flexibility index (Phi) is 9.60. The van der Waals surface area contributed by atoms with E-state index in [0.29, 0.717) is 5.56 Å². The van der Waals surface area contributed by atoms with Gasteiger partial charge in [0.05, 0.1) is 5.56 Å². The summed E-state index contributed by atoms with van der Waals surface area (Å²) >= 11 is 0. The fraction of sp³-hybridized carbons (Fsp3) is 0.483. The summed E-state index contributed by atoms with van der Waals surface area (Å²) in [6.07, 6.45) is -0.236. The molecule has 0 unspecified atom stereocenters. The molecule has 196 valence electrons. The van der Waals surface area contributed by atoms with Crippen LogP contribution in [0.4, 0.5) is 13.2 Å². The van der Waals surface area contributed by atoms with Crippen molar-refractivity contribution < 1.29 is 18.0 Å². The van der Waals surface area contributed by atoms with Crippen molar-refractivity contribution in [2.75, 3.05) is 19.6 Å². The van der Waals surface area contributed by atoms with Crippen molar-refractivity contribution in [2.45, 2.75) is 71.5 Å². The van der Waals surface area contributed by atoms with Gasteiger partial charge in [-0.15, -0.1) is 0 Å². The van der Waals surface area contributed by atoms with Gasteiger partial charge in [0.1, 0.15) is 0 Å². The van der Waals surface area contributed by atoms with E-state index in [-0.39, 0.29) is 23.9 Å². The summed E-state index contributed by atoms with van der Waals surface area (Å²) in [5.74, 6) is -0.972. The molecular formula is C29H38F3N3O. The summed E-state index contributed by atoms with van der Waals surface area (Å²) in [5.41, 5.74) is 2.14. The first kappa shape index (κ1) is 27.8. The van der Waals surface area contributed by atoms with Gasteiger partial charge >= 0.3 is 6.18 Å². The number of alkyl halides is 3. The van der Waals surface area contributed by atoms with Gasteiger partial charge in [0.25, 0.3) is 0 Å². The monoisotopic (exact) mass is 501 g/mol. The van der Waals surface area contributed by atoms with E-state index >= 15 is 0 Å². The number of aromatic amines is 1. The van der Waals surface area contributed by atoms with Crippen molar-refractivity contribution in [3.63, 3.8) is 0 Å². The van der Waals surface area contributed by atoms with Crippen molar-refractivity contribution >= 4 is 16.8 Å². The van der Waals surface area contributed by atoms with Gasteiger partial charge in [0, 0.05) is 35.5 Å². The van der Waals surface area contributed by atoms with E-state index in [2.05, 4.69) is 29.0 Å². The third-order valence-electron chi connectivity index (χ3n) is 7.03. The third kappa shape index (κ3) is 6.69. The topological polar surface area (TPSA) is 48.1 Å². The number of carbonyl (C=O) groups is 1. The van der Waals surface area contributed by atoms with Crippen LogP contribution in [-0.4, -0.2) is 41.5 Å². The number of para-hydroxylation sites is 1. The molecule has 0 fully saturated rings. The molecule has 0 spiro atoms. The predicted molar refractivity (Wildman–Crippen MR) is 140 cm³/mol. The highest BCUT2D eigenvalue weighted by atomic mass is 19.4. The summed E-state index contributed by atoms with van der Waals surface area (Å²) < 4.78 is 41.9. The summed E-state index contributed by atoms with van der Waals surface area (Å²) in [7, 11) is 0. The van der Waals surface area contributed by atoms with Crippen LogP contribution in [0, 0.1) is 0 Å². The van der Waals surface area contributed by atoms with E-state index in [1.807, 2.05) is 32.0 Å². The Morgan fingerprint density at radius 2 is 1.75 bits per heavy atom. The van der Waals surface area contributed by atoms with Gasteiger partial charge in [-0.3, -0.25) is 4.79 Å². The molecule has 0 bridgehead atoms. The molecule has 0 aliphatic rings. The highest BCUT2D eigenvalue weighted by Gasteiger charge is 2.36. The molecule has 2 atom stereocenters. The molecule has 1 aromatic heterocycles. The number of aryl methyl sites for hydroxylation is 1. The summed E-state index contributed by atoms with van der Waals surface area (Å²) in [6, 6.07) is 11.4. The molecule has 2 aromatic carbocycles. The number of hydrogen-bond donors (Lipinski definition) is 2. The quantitative estimate of drug-likeness (QED) is 0.284. The minimum absolute atomic E-state index is 0.0544. The zero-order valence-corrected chi connectivity index (χ0v) is 21.7. The number of halogens is 3. The molecule has 2 N–H and O–H groups in total. The highest BCUT2D eigenvalue weighted by molar-refractivity contribution is 5.88. The van der Waals surface area contributed by atoms with Crippen molar-refractivity contribution in [3.05, 3.63) is 70.9 Å². The van der Waals surface area contributed by atoms with Gasteiger partial charge in [0.15, 0.2) is 0 Å². The van der Waals surface area contributed by atoms with Gasteiger partial charge in [0.2, 0.25) is 5.91 Å². The summed E-state index contributed by atoms with van der Waals surface area (Å²) in [4.78, 5) is 18.7. The predicted octanol–water partition coefficient (Wildman–Crippen LogP) is 6.90. The maximum atomic E-state index is 14.0. The van der Waals surface area contributed by atoms with Gasteiger partial charge in [-0.2, -0.15) is 13.2 Å². The Morgan fingerprint density at radius 1 is 1.03 bits per heavy atom. The molecule has 36 heavy (non-hydrogen) atoms. The molecule has 3 rings (SSSR count). The van der Waals surface area contributed by atoms with E-state index in [0.717, 1.165) is 61.4 Å². The minimum atomic E-state index is -4.51. The number of aromatic nitrogens is 1. The third-order valence-corrected chi connectivity index (χ3v) is 7.03. The van der Waals surface area contributed by atoms with Crippen molar-refractivity contribution in [3.8, 4) is 0 Å². The Hall–Kier alpha value is -2.80. The fourth-order valence-electron chi connectivity index (χ4n) is 5.02. The lowest BCUT2D eigenvalue weighted by atomic mass is 9.84. The molecule has 1 heterocycles. The molecule has 7 heteroatoms. The smallest absolute Gasteiger partial charge is 0.361 e. The molecule has 0 radical (unpaired) electrons. The number of hydrogen-bond acceptors (Lipinski definition) is 2. The lowest BCUT2D eigenvalue weighted by Gasteiger charge is -2.23. The number of benzene rings is 2.